The van der Waals surface area contributed by atoms with Crippen LogP contribution in [0.15, 0.2) is 42.5 Å². The van der Waals surface area contributed by atoms with Crippen LogP contribution in [0.4, 0.5) is 10.5 Å². The van der Waals surface area contributed by atoms with E-state index in [0.29, 0.717) is 36.3 Å². The molecule has 7 heteroatoms. The highest BCUT2D eigenvalue weighted by atomic mass is 35.5. The summed E-state index contributed by atoms with van der Waals surface area (Å²) in [7, 11) is 1.66. The molecule has 0 saturated carbocycles. The van der Waals surface area contributed by atoms with Gasteiger partial charge in [0.15, 0.2) is 0 Å². The van der Waals surface area contributed by atoms with Crippen molar-refractivity contribution in [1.82, 2.24) is 4.90 Å². The van der Waals surface area contributed by atoms with Gasteiger partial charge in [0.25, 0.3) is 0 Å². The molecular formula is C23H28Cl2N2O3. The van der Waals surface area contributed by atoms with Gasteiger partial charge in [0.05, 0.1) is 23.4 Å². The minimum Gasteiger partial charge on any atom is -0.444 e. The van der Waals surface area contributed by atoms with Crippen LogP contribution in [-0.2, 0) is 16.1 Å². The lowest BCUT2D eigenvalue weighted by Crippen LogP contribution is -2.51. The van der Waals surface area contributed by atoms with Crippen molar-refractivity contribution < 1.29 is 14.3 Å². The highest BCUT2D eigenvalue weighted by Crippen LogP contribution is 2.36. The van der Waals surface area contributed by atoms with Crippen molar-refractivity contribution in [3.63, 3.8) is 0 Å². The smallest absolute Gasteiger partial charge is 0.410 e. The van der Waals surface area contributed by atoms with Gasteiger partial charge in [-0.1, -0.05) is 41.4 Å². The molecule has 162 valence electrons. The third-order valence-electron chi connectivity index (χ3n) is 4.92. The summed E-state index contributed by atoms with van der Waals surface area (Å²) in [6.07, 6.45) is -0.303. The van der Waals surface area contributed by atoms with E-state index in [9.17, 15) is 4.79 Å². The number of benzene rings is 2. The molecule has 2 aromatic carbocycles. The average molecular weight is 451 g/mol. The molecule has 0 unspecified atom stereocenters. The number of carbonyl (C=O) groups is 1. The van der Waals surface area contributed by atoms with Crippen LogP contribution in [0, 0.1) is 0 Å². The summed E-state index contributed by atoms with van der Waals surface area (Å²) in [6, 6.07) is 13.6. The van der Waals surface area contributed by atoms with Gasteiger partial charge < -0.3 is 19.3 Å². The van der Waals surface area contributed by atoms with Crippen molar-refractivity contribution in [3.8, 4) is 0 Å². The molecule has 0 N–H and O–H groups in total. The summed E-state index contributed by atoms with van der Waals surface area (Å²) in [5.41, 5.74) is 2.47. The molecule has 0 bridgehead atoms. The first-order valence-corrected chi connectivity index (χ1v) is 10.7. The van der Waals surface area contributed by atoms with Crippen LogP contribution in [0.5, 0.6) is 0 Å². The van der Waals surface area contributed by atoms with Crippen molar-refractivity contribution in [2.45, 2.75) is 39.0 Å². The number of hydrogen-bond donors (Lipinski definition) is 0. The summed E-state index contributed by atoms with van der Waals surface area (Å²) in [5.74, 6) is 0. The van der Waals surface area contributed by atoms with Gasteiger partial charge in [-0.2, -0.15) is 0 Å². The Bertz CT molecular complexity index is 881. The first-order valence-electron chi connectivity index (χ1n) is 9.95. The fourth-order valence-corrected chi connectivity index (χ4v) is 4.01. The highest BCUT2D eigenvalue weighted by Gasteiger charge is 2.33. The van der Waals surface area contributed by atoms with Crippen molar-refractivity contribution in [2.75, 3.05) is 31.6 Å². The lowest BCUT2D eigenvalue weighted by molar-refractivity contribution is 0.0214. The second kappa shape index (κ2) is 9.46. The van der Waals surface area contributed by atoms with Crippen molar-refractivity contribution in [2.24, 2.45) is 0 Å². The molecule has 1 aliphatic rings. The Labute approximate surface area is 188 Å². The van der Waals surface area contributed by atoms with Gasteiger partial charge in [0.1, 0.15) is 5.60 Å². The lowest BCUT2D eigenvalue weighted by Gasteiger charge is -2.43. The number of rotatable bonds is 4. The predicted octanol–water partition coefficient (Wildman–Crippen LogP) is 5.94. The molecule has 1 heterocycles. The van der Waals surface area contributed by atoms with E-state index in [4.69, 9.17) is 32.7 Å². The Kier molecular flexibility index (Phi) is 7.17. The molecule has 0 aromatic heterocycles. The first-order chi connectivity index (χ1) is 14.2. The van der Waals surface area contributed by atoms with Gasteiger partial charge in [-0.15, -0.1) is 0 Å². The van der Waals surface area contributed by atoms with Crippen LogP contribution in [-0.4, -0.2) is 43.3 Å². The van der Waals surface area contributed by atoms with Crippen molar-refractivity contribution in [3.05, 3.63) is 63.6 Å². The van der Waals surface area contributed by atoms with Crippen LogP contribution in [0.2, 0.25) is 10.0 Å². The van der Waals surface area contributed by atoms with E-state index in [1.54, 1.807) is 12.0 Å². The van der Waals surface area contributed by atoms with Gasteiger partial charge in [0, 0.05) is 31.8 Å². The Morgan fingerprint density at radius 2 is 1.80 bits per heavy atom. The van der Waals surface area contributed by atoms with Crippen LogP contribution in [0.1, 0.15) is 37.9 Å². The molecule has 0 aliphatic carbocycles. The molecular weight excluding hydrogens is 423 g/mol. The number of piperazine rings is 1. The number of methoxy groups -OCH3 is 1. The number of ether oxygens (including phenoxy) is 2. The zero-order valence-corrected chi connectivity index (χ0v) is 19.3. The van der Waals surface area contributed by atoms with E-state index in [1.165, 1.54) is 0 Å². The second-order valence-corrected chi connectivity index (χ2v) is 9.25. The topological polar surface area (TPSA) is 42.0 Å². The number of carbonyl (C=O) groups excluding carboxylic acids is 1. The Morgan fingerprint density at radius 3 is 2.40 bits per heavy atom. The number of nitrogens with zero attached hydrogens (tertiary/aromatic N) is 2. The second-order valence-electron chi connectivity index (χ2n) is 8.41. The molecule has 1 aliphatic heterocycles. The van der Waals surface area contributed by atoms with Gasteiger partial charge in [0.2, 0.25) is 0 Å². The molecule has 0 radical (unpaired) electrons. The summed E-state index contributed by atoms with van der Waals surface area (Å²) in [6.45, 7) is 7.81. The molecule has 30 heavy (non-hydrogen) atoms. The standard InChI is InChI=1S/C23H28Cl2N2O3/c1-23(2,3)30-22(28)26-11-12-27(20-10-5-16(15-29-4)13-19(20)25)21(14-26)17-6-8-18(24)9-7-17/h5-10,13,21H,11-12,14-15H2,1-4H3/t21-/m0/s1. The number of hydrogen-bond acceptors (Lipinski definition) is 4. The molecule has 5 nitrogen and oxygen atoms in total. The fraction of sp³-hybridized carbons (Fsp3) is 0.435. The largest absolute Gasteiger partial charge is 0.444 e. The monoisotopic (exact) mass is 450 g/mol. The molecule has 0 spiro atoms. The Hall–Kier alpha value is -1.95. The predicted molar refractivity (Wildman–Crippen MR) is 122 cm³/mol. The summed E-state index contributed by atoms with van der Waals surface area (Å²) >= 11 is 12.7. The zero-order valence-electron chi connectivity index (χ0n) is 17.8. The number of halogens is 2. The molecule has 2 aromatic rings. The van der Waals surface area contributed by atoms with E-state index in [0.717, 1.165) is 16.8 Å². The van der Waals surface area contributed by atoms with Crippen molar-refractivity contribution >= 4 is 35.0 Å². The van der Waals surface area contributed by atoms with Gasteiger partial charge >= 0.3 is 6.09 Å². The van der Waals surface area contributed by atoms with Gasteiger partial charge in [-0.05, 0) is 56.2 Å². The normalized spacial score (nSPS) is 17.2. The maximum absolute atomic E-state index is 12.7. The van der Waals surface area contributed by atoms with Crippen LogP contribution >= 0.6 is 23.2 Å². The van der Waals surface area contributed by atoms with Crippen LogP contribution < -0.4 is 4.90 Å². The molecule has 1 amide bonds. The van der Waals surface area contributed by atoms with Gasteiger partial charge in [-0.25, -0.2) is 4.79 Å². The van der Waals surface area contributed by atoms with E-state index in [1.807, 2.05) is 63.2 Å². The molecule has 3 rings (SSSR count). The summed E-state index contributed by atoms with van der Waals surface area (Å²) in [5, 5.41) is 1.33. The summed E-state index contributed by atoms with van der Waals surface area (Å²) < 4.78 is 10.8. The maximum Gasteiger partial charge on any atom is 0.410 e. The molecule has 1 fully saturated rings. The Balaban J connectivity index is 1.91. The Morgan fingerprint density at radius 1 is 1.10 bits per heavy atom. The minimum absolute atomic E-state index is 0.0747. The minimum atomic E-state index is -0.537. The summed E-state index contributed by atoms with van der Waals surface area (Å²) in [4.78, 5) is 16.7. The average Bonchev–Trinajstić information content (AvgIpc) is 2.67. The van der Waals surface area contributed by atoms with E-state index < -0.39 is 5.60 Å². The quantitative estimate of drug-likeness (QED) is 0.577. The van der Waals surface area contributed by atoms with Gasteiger partial charge in [-0.3, -0.25) is 0 Å². The van der Waals surface area contributed by atoms with Crippen LogP contribution in [0.25, 0.3) is 0 Å². The van der Waals surface area contributed by atoms with E-state index in [2.05, 4.69) is 4.90 Å². The third-order valence-corrected chi connectivity index (χ3v) is 5.47. The number of amides is 1. The third kappa shape index (κ3) is 5.60. The SMILES string of the molecule is COCc1ccc(N2CCN(C(=O)OC(C)(C)C)C[C@H]2c2ccc(Cl)cc2)c(Cl)c1. The van der Waals surface area contributed by atoms with E-state index >= 15 is 0 Å². The van der Waals surface area contributed by atoms with E-state index in [-0.39, 0.29) is 12.1 Å². The zero-order chi connectivity index (χ0) is 21.9. The lowest BCUT2D eigenvalue weighted by atomic mass is 10.0. The van der Waals surface area contributed by atoms with Crippen LogP contribution in [0.3, 0.4) is 0 Å². The molecule has 1 atom stereocenters. The van der Waals surface area contributed by atoms with Crippen molar-refractivity contribution in [1.29, 1.82) is 0 Å². The highest BCUT2D eigenvalue weighted by molar-refractivity contribution is 6.33. The first kappa shape index (κ1) is 22.7. The fourth-order valence-electron chi connectivity index (χ4n) is 3.57. The number of anilines is 1. The maximum atomic E-state index is 12.7. The molecule has 1 saturated heterocycles.